The second-order valence-corrected chi connectivity index (χ2v) is 7.36. The molecule has 8 heteroatoms. The van der Waals surface area contributed by atoms with Crippen LogP contribution in [0.25, 0.3) is 0 Å². The number of hydrogen-bond acceptors (Lipinski definition) is 5. The summed E-state index contributed by atoms with van der Waals surface area (Å²) in [7, 11) is -0.507. The number of amides is 1. The van der Waals surface area contributed by atoms with E-state index in [9.17, 15) is 13.2 Å². The predicted molar refractivity (Wildman–Crippen MR) is 92.1 cm³/mol. The van der Waals surface area contributed by atoms with Gasteiger partial charge in [0.05, 0.1) is 29.8 Å². The highest BCUT2D eigenvalue weighted by atomic mass is 35.5. The van der Waals surface area contributed by atoms with Crippen molar-refractivity contribution in [2.75, 3.05) is 25.8 Å². The molecule has 128 valence electrons. The molecule has 0 unspecified atom stereocenters. The molecule has 0 fully saturated rings. The molecular formula is C16H16ClNO5S. The van der Waals surface area contributed by atoms with Crippen LogP contribution in [0.4, 0.5) is 5.69 Å². The lowest BCUT2D eigenvalue weighted by atomic mass is 10.2. The zero-order chi connectivity index (χ0) is 17.9. The number of halogens is 1. The Morgan fingerprint density at radius 3 is 2.33 bits per heavy atom. The van der Waals surface area contributed by atoms with Crippen molar-refractivity contribution in [3.05, 3.63) is 47.0 Å². The lowest BCUT2D eigenvalue weighted by molar-refractivity contribution is 0.102. The van der Waals surface area contributed by atoms with Crippen molar-refractivity contribution in [1.82, 2.24) is 0 Å². The van der Waals surface area contributed by atoms with E-state index in [1.165, 1.54) is 50.6 Å². The van der Waals surface area contributed by atoms with Gasteiger partial charge in [-0.2, -0.15) is 0 Å². The van der Waals surface area contributed by atoms with E-state index in [0.29, 0.717) is 22.2 Å². The van der Waals surface area contributed by atoms with Crippen LogP contribution < -0.4 is 14.8 Å². The molecule has 0 radical (unpaired) electrons. The first kappa shape index (κ1) is 18.1. The standard InChI is InChI=1S/C16H16ClNO5S/c1-22-14-9-13(15(23-2)8-12(14)17)18-16(19)10-5-4-6-11(7-10)24(3,20)21/h4-9H,1-3H3,(H,18,19). The second-order valence-electron chi connectivity index (χ2n) is 4.94. The Hall–Kier alpha value is -2.25. The van der Waals surface area contributed by atoms with Crippen LogP contribution in [-0.2, 0) is 9.84 Å². The highest BCUT2D eigenvalue weighted by molar-refractivity contribution is 7.90. The van der Waals surface area contributed by atoms with Crippen LogP contribution in [0.3, 0.4) is 0 Å². The van der Waals surface area contributed by atoms with Gasteiger partial charge in [-0.05, 0) is 18.2 Å². The minimum absolute atomic E-state index is 0.0656. The van der Waals surface area contributed by atoms with Gasteiger partial charge in [0.15, 0.2) is 9.84 Å². The maximum absolute atomic E-state index is 12.4. The molecule has 0 aliphatic heterocycles. The molecule has 2 rings (SSSR count). The van der Waals surface area contributed by atoms with Crippen molar-refractivity contribution in [2.24, 2.45) is 0 Å². The minimum atomic E-state index is -3.40. The van der Waals surface area contributed by atoms with Gasteiger partial charge in [-0.1, -0.05) is 17.7 Å². The third-order valence-electron chi connectivity index (χ3n) is 3.25. The smallest absolute Gasteiger partial charge is 0.255 e. The molecule has 0 bridgehead atoms. The predicted octanol–water partition coefficient (Wildman–Crippen LogP) is 3.01. The second kappa shape index (κ2) is 7.11. The van der Waals surface area contributed by atoms with Crippen LogP contribution in [0, 0.1) is 0 Å². The number of methoxy groups -OCH3 is 2. The number of sulfone groups is 1. The fraction of sp³-hybridized carbons (Fsp3) is 0.188. The van der Waals surface area contributed by atoms with Crippen LogP contribution in [-0.4, -0.2) is 34.8 Å². The Kier molecular flexibility index (Phi) is 5.36. The molecule has 2 aromatic rings. The monoisotopic (exact) mass is 369 g/mol. The third-order valence-corrected chi connectivity index (χ3v) is 4.65. The molecule has 0 saturated carbocycles. The molecular weight excluding hydrogens is 354 g/mol. The summed E-state index contributed by atoms with van der Waals surface area (Å²) in [5, 5.41) is 3.00. The van der Waals surface area contributed by atoms with Gasteiger partial charge in [-0.25, -0.2) is 8.42 Å². The summed E-state index contributed by atoms with van der Waals surface area (Å²) < 4.78 is 33.5. The summed E-state index contributed by atoms with van der Waals surface area (Å²) in [4.78, 5) is 12.5. The van der Waals surface area contributed by atoms with Crippen LogP contribution in [0.2, 0.25) is 5.02 Å². The summed E-state index contributed by atoms with van der Waals surface area (Å²) in [6, 6.07) is 8.80. The molecule has 0 aromatic heterocycles. The maximum atomic E-state index is 12.4. The fourth-order valence-corrected chi connectivity index (χ4v) is 2.92. The molecule has 24 heavy (non-hydrogen) atoms. The van der Waals surface area contributed by atoms with E-state index >= 15 is 0 Å². The highest BCUT2D eigenvalue weighted by Gasteiger charge is 2.15. The molecule has 0 spiro atoms. The number of benzene rings is 2. The van der Waals surface area contributed by atoms with E-state index in [1.54, 1.807) is 0 Å². The summed E-state index contributed by atoms with van der Waals surface area (Å²) in [5.74, 6) is 0.245. The molecule has 0 aliphatic rings. The largest absolute Gasteiger partial charge is 0.495 e. The van der Waals surface area contributed by atoms with Crippen LogP contribution in [0.1, 0.15) is 10.4 Å². The van der Waals surface area contributed by atoms with Crippen molar-refractivity contribution >= 4 is 33.0 Å². The fourth-order valence-electron chi connectivity index (χ4n) is 2.02. The Morgan fingerprint density at radius 1 is 1.08 bits per heavy atom. The van der Waals surface area contributed by atoms with Gasteiger partial charge in [0.2, 0.25) is 0 Å². The summed E-state index contributed by atoms with van der Waals surface area (Å²) >= 11 is 6.02. The average Bonchev–Trinajstić information content (AvgIpc) is 2.55. The van der Waals surface area contributed by atoms with Crippen LogP contribution in [0.15, 0.2) is 41.3 Å². The van der Waals surface area contributed by atoms with Gasteiger partial charge in [0.25, 0.3) is 5.91 Å². The zero-order valence-corrected chi connectivity index (χ0v) is 14.9. The third kappa shape index (κ3) is 3.98. The SMILES string of the molecule is COc1cc(NC(=O)c2cccc(S(C)(=O)=O)c2)c(OC)cc1Cl. The first-order chi connectivity index (χ1) is 11.3. The lowest BCUT2D eigenvalue weighted by Crippen LogP contribution is -2.13. The molecule has 1 amide bonds. The van der Waals surface area contributed by atoms with Gasteiger partial charge < -0.3 is 14.8 Å². The van der Waals surface area contributed by atoms with Crippen molar-refractivity contribution in [2.45, 2.75) is 4.90 Å². The van der Waals surface area contributed by atoms with E-state index in [0.717, 1.165) is 6.26 Å². The van der Waals surface area contributed by atoms with E-state index in [-0.39, 0.29) is 10.5 Å². The summed E-state index contributed by atoms with van der Waals surface area (Å²) in [6.45, 7) is 0. The Labute approximate surface area is 145 Å². The minimum Gasteiger partial charge on any atom is -0.495 e. The van der Waals surface area contributed by atoms with Gasteiger partial charge in [-0.15, -0.1) is 0 Å². The molecule has 0 saturated heterocycles. The Balaban J connectivity index is 2.37. The number of carbonyl (C=O) groups is 1. The molecule has 0 atom stereocenters. The number of nitrogens with one attached hydrogen (secondary N) is 1. The number of hydrogen-bond donors (Lipinski definition) is 1. The van der Waals surface area contributed by atoms with Crippen molar-refractivity contribution in [3.63, 3.8) is 0 Å². The summed E-state index contributed by atoms with van der Waals surface area (Å²) in [5.41, 5.74) is 0.558. The van der Waals surface area contributed by atoms with Gasteiger partial charge in [-0.3, -0.25) is 4.79 Å². The van der Waals surface area contributed by atoms with Crippen molar-refractivity contribution in [3.8, 4) is 11.5 Å². The first-order valence-electron chi connectivity index (χ1n) is 6.79. The van der Waals surface area contributed by atoms with E-state index < -0.39 is 15.7 Å². The Bertz CT molecular complexity index is 880. The highest BCUT2D eigenvalue weighted by Crippen LogP contribution is 2.36. The molecule has 0 heterocycles. The zero-order valence-electron chi connectivity index (χ0n) is 13.3. The lowest BCUT2D eigenvalue weighted by Gasteiger charge is -2.13. The van der Waals surface area contributed by atoms with Crippen LogP contribution in [0.5, 0.6) is 11.5 Å². The van der Waals surface area contributed by atoms with Crippen molar-refractivity contribution in [1.29, 1.82) is 0 Å². The van der Waals surface area contributed by atoms with E-state index in [2.05, 4.69) is 5.32 Å². The van der Waals surface area contributed by atoms with E-state index in [4.69, 9.17) is 21.1 Å². The maximum Gasteiger partial charge on any atom is 0.255 e. The number of ether oxygens (including phenoxy) is 2. The number of carbonyl (C=O) groups excluding carboxylic acids is 1. The normalized spacial score (nSPS) is 11.0. The topological polar surface area (TPSA) is 81.7 Å². The first-order valence-corrected chi connectivity index (χ1v) is 9.06. The number of anilines is 1. The summed E-state index contributed by atoms with van der Waals surface area (Å²) in [6.07, 6.45) is 1.08. The molecule has 0 aliphatic carbocycles. The Morgan fingerprint density at radius 2 is 1.75 bits per heavy atom. The molecule has 2 aromatic carbocycles. The van der Waals surface area contributed by atoms with E-state index in [1.807, 2.05) is 0 Å². The van der Waals surface area contributed by atoms with Gasteiger partial charge >= 0.3 is 0 Å². The molecule has 6 nitrogen and oxygen atoms in total. The quantitative estimate of drug-likeness (QED) is 0.876. The average molecular weight is 370 g/mol. The molecule has 1 N–H and O–H groups in total. The van der Waals surface area contributed by atoms with Gasteiger partial charge in [0, 0.05) is 24.0 Å². The number of rotatable bonds is 5. The van der Waals surface area contributed by atoms with Crippen LogP contribution >= 0.6 is 11.6 Å². The van der Waals surface area contributed by atoms with Gasteiger partial charge in [0.1, 0.15) is 11.5 Å². The van der Waals surface area contributed by atoms with Crippen molar-refractivity contribution < 1.29 is 22.7 Å².